The van der Waals surface area contributed by atoms with E-state index < -0.39 is 23.6 Å². The lowest BCUT2D eigenvalue weighted by molar-refractivity contribution is 0.0516. The fourth-order valence-corrected chi connectivity index (χ4v) is 2.53. The summed E-state index contributed by atoms with van der Waals surface area (Å²) in [5.41, 5.74) is 0.454. The summed E-state index contributed by atoms with van der Waals surface area (Å²) in [4.78, 5) is 30.1. The Hall–Kier alpha value is -3.66. The molecule has 2 aromatic heterocycles. The number of hydrogen-bond donors (Lipinski definition) is 1. The monoisotopic (exact) mass is 481 g/mol. The molecule has 0 aliphatic rings. The van der Waals surface area contributed by atoms with Gasteiger partial charge < -0.3 is 14.8 Å². The van der Waals surface area contributed by atoms with E-state index in [1.54, 1.807) is 13.8 Å². The molecule has 0 aliphatic carbocycles. The third-order valence-corrected chi connectivity index (χ3v) is 4.06. The molecule has 0 saturated carbocycles. The third-order valence-electron chi connectivity index (χ3n) is 3.76. The fraction of sp³-hybridized carbons (Fsp3) is 0.182. The summed E-state index contributed by atoms with van der Waals surface area (Å²) < 4.78 is 48.1. The predicted molar refractivity (Wildman–Crippen MR) is 115 cm³/mol. The lowest BCUT2D eigenvalue weighted by atomic mass is 10.2. The van der Waals surface area contributed by atoms with Gasteiger partial charge in [0.15, 0.2) is 0 Å². The highest BCUT2D eigenvalue weighted by Crippen LogP contribution is 2.20. The first-order valence-corrected chi connectivity index (χ1v) is 9.96. The van der Waals surface area contributed by atoms with E-state index in [0.717, 1.165) is 24.5 Å². The highest BCUT2D eigenvalue weighted by molar-refractivity contribution is 6.32. The van der Waals surface area contributed by atoms with Crippen molar-refractivity contribution in [2.24, 2.45) is 0 Å². The van der Waals surface area contributed by atoms with E-state index in [0.29, 0.717) is 5.69 Å². The number of nitrogens with zero attached hydrogens (tertiary/aromatic N) is 2. The van der Waals surface area contributed by atoms with Gasteiger partial charge in [-0.25, -0.2) is 32.7 Å². The van der Waals surface area contributed by atoms with Gasteiger partial charge in [-0.3, -0.25) is 0 Å². The van der Waals surface area contributed by atoms with E-state index in [1.165, 1.54) is 24.3 Å². The maximum Gasteiger partial charge on any atom is 0.342 e. The number of nitrogens with one attached hydrogen (secondary N) is 1. The number of rotatable bonds is 6. The fourth-order valence-electron chi connectivity index (χ4n) is 2.35. The number of hydrogen-bond acceptors (Lipinski definition) is 7. The minimum absolute atomic E-state index is 0.0174. The normalized spacial score (nSPS) is 10.0. The first-order valence-electron chi connectivity index (χ1n) is 9.58. The van der Waals surface area contributed by atoms with E-state index in [2.05, 4.69) is 20.0 Å². The zero-order chi connectivity index (χ0) is 24.4. The van der Waals surface area contributed by atoms with Crippen LogP contribution in [-0.4, -0.2) is 35.1 Å². The van der Waals surface area contributed by atoms with Crippen LogP contribution in [0, 0.1) is 17.5 Å². The summed E-state index contributed by atoms with van der Waals surface area (Å²) in [6, 6.07) is 7.51. The average Bonchev–Trinajstić information content (AvgIpc) is 2.79. The number of carbonyl (C=O) groups excluding carboxylic acids is 2. The Labute approximate surface area is 192 Å². The number of pyridine rings is 2. The smallest absolute Gasteiger partial charge is 0.342 e. The van der Waals surface area contributed by atoms with Crippen LogP contribution in [0.3, 0.4) is 0 Å². The second kappa shape index (κ2) is 12.4. The van der Waals surface area contributed by atoms with E-state index in [-0.39, 0.29) is 41.1 Å². The van der Waals surface area contributed by atoms with Gasteiger partial charge in [-0.15, -0.1) is 0 Å². The van der Waals surface area contributed by atoms with Crippen molar-refractivity contribution < 1.29 is 32.2 Å². The van der Waals surface area contributed by atoms with Crippen molar-refractivity contribution in [2.75, 3.05) is 18.5 Å². The highest BCUT2D eigenvalue weighted by Gasteiger charge is 2.16. The lowest BCUT2D eigenvalue weighted by Gasteiger charge is -2.10. The number of ether oxygens (including phenoxy) is 2. The van der Waals surface area contributed by atoms with Gasteiger partial charge >= 0.3 is 11.9 Å². The minimum atomic E-state index is -0.677. The van der Waals surface area contributed by atoms with Gasteiger partial charge in [0.1, 0.15) is 34.0 Å². The van der Waals surface area contributed by atoms with E-state index in [4.69, 9.17) is 16.3 Å². The average molecular weight is 482 g/mol. The van der Waals surface area contributed by atoms with Gasteiger partial charge in [-0.05, 0) is 50.2 Å². The van der Waals surface area contributed by atoms with Crippen molar-refractivity contribution >= 4 is 35.0 Å². The second-order valence-corrected chi connectivity index (χ2v) is 6.47. The Balaban J connectivity index is 0.000000257. The standard InChI is InChI=1S/C14H12F2N2O2.C8H7ClFNO2/c1-2-20-14(19)12-7-10(16)8-17-13(12)18-11-5-3-9(15)4-6-11;1-2-13-8(12)6-3-5(10)4-11-7(6)9/h3-8H,2H2,1H3,(H,17,18);3-4H,2H2,1H3. The summed E-state index contributed by atoms with van der Waals surface area (Å²) in [5.74, 6) is -2.83. The Morgan fingerprint density at radius 1 is 0.848 bits per heavy atom. The quantitative estimate of drug-likeness (QED) is 0.376. The van der Waals surface area contributed by atoms with Crippen molar-refractivity contribution in [3.63, 3.8) is 0 Å². The first kappa shape index (κ1) is 25.6. The molecule has 7 nitrogen and oxygen atoms in total. The number of aromatic nitrogens is 2. The summed E-state index contributed by atoms with van der Waals surface area (Å²) in [6.07, 6.45) is 1.92. The molecule has 0 fully saturated rings. The molecule has 3 rings (SSSR count). The van der Waals surface area contributed by atoms with Crippen LogP contribution in [0.4, 0.5) is 24.7 Å². The Kier molecular flexibility index (Phi) is 9.62. The van der Waals surface area contributed by atoms with Crippen molar-refractivity contribution in [3.8, 4) is 0 Å². The Bertz CT molecular complexity index is 1110. The largest absolute Gasteiger partial charge is 0.462 e. The summed E-state index contributed by atoms with van der Waals surface area (Å²) >= 11 is 5.55. The maximum atomic E-state index is 13.2. The second-order valence-electron chi connectivity index (χ2n) is 6.11. The Morgan fingerprint density at radius 2 is 1.36 bits per heavy atom. The van der Waals surface area contributed by atoms with Crippen LogP contribution in [0.2, 0.25) is 5.15 Å². The molecule has 33 heavy (non-hydrogen) atoms. The molecule has 3 aromatic rings. The number of carbonyl (C=O) groups is 2. The van der Waals surface area contributed by atoms with Crippen LogP contribution in [0.15, 0.2) is 48.8 Å². The minimum Gasteiger partial charge on any atom is -0.462 e. The van der Waals surface area contributed by atoms with Crippen molar-refractivity contribution in [3.05, 3.63) is 82.5 Å². The van der Waals surface area contributed by atoms with Crippen LogP contribution in [-0.2, 0) is 9.47 Å². The molecule has 1 aromatic carbocycles. The molecule has 2 heterocycles. The van der Waals surface area contributed by atoms with Crippen molar-refractivity contribution in [2.45, 2.75) is 13.8 Å². The van der Waals surface area contributed by atoms with Gasteiger partial charge in [-0.2, -0.15) is 0 Å². The van der Waals surface area contributed by atoms with Crippen LogP contribution in [0.25, 0.3) is 0 Å². The zero-order valence-electron chi connectivity index (χ0n) is 17.6. The van der Waals surface area contributed by atoms with Gasteiger partial charge in [0, 0.05) is 5.69 Å². The molecule has 11 heteroatoms. The molecule has 0 amide bonds. The van der Waals surface area contributed by atoms with Crippen LogP contribution >= 0.6 is 11.6 Å². The molecule has 0 bridgehead atoms. The van der Waals surface area contributed by atoms with E-state index in [9.17, 15) is 22.8 Å². The summed E-state index contributed by atoms with van der Waals surface area (Å²) in [5, 5.41) is 2.77. The molecule has 0 atom stereocenters. The van der Waals surface area contributed by atoms with Gasteiger partial charge in [0.2, 0.25) is 0 Å². The van der Waals surface area contributed by atoms with Crippen LogP contribution < -0.4 is 5.32 Å². The molecule has 0 spiro atoms. The SMILES string of the molecule is CCOC(=O)c1cc(F)cnc1Cl.CCOC(=O)c1cc(F)cnc1Nc1ccc(F)cc1. The molecule has 0 saturated heterocycles. The van der Waals surface area contributed by atoms with Gasteiger partial charge in [-0.1, -0.05) is 11.6 Å². The molecule has 174 valence electrons. The van der Waals surface area contributed by atoms with Gasteiger partial charge in [0.25, 0.3) is 0 Å². The Morgan fingerprint density at radius 3 is 1.94 bits per heavy atom. The number of anilines is 2. The van der Waals surface area contributed by atoms with Crippen molar-refractivity contribution in [1.82, 2.24) is 9.97 Å². The van der Waals surface area contributed by atoms with Crippen molar-refractivity contribution in [1.29, 1.82) is 0 Å². The lowest BCUT2D eigenvalue weighted by Crippen LogP contribution is -2.10. The molecule has 0 aliphatic heterocycles. The van der Waals surface area contributed by atoms with Crippen LogP contribution in [0.1, 0.15) is 34.6 Å². The van der Waals surface area contributed by atoms with Gasteiger partial charge in [0.05, 0.1) is 31.2 Å². The maximum absolute atomic E-state index is 13.2. The molecule has 0 radical (unpaired) electrons. The van der Waals surface area contributed by atoms with Crippen LogP contribution in [0.5, 0.6) is 0 Å². The predicted octanol–water partition coefficient (Wildman–Crippen LogP) is 5.33. The molecular formula is C22H19ClF3N3O4. The topological polar surface area (TPSA) is 90.4 Å². The number of halogens is 4. The van der Waals surface area contributed by atoms with E-state index in [1.807, 2.05) is 0 Å². The highest BCUT2D eigenvalue weighted by atomic mass is 35.5. The summed E-state index contributed by atoms with van der Waals surface area (Å²) in [6.45, 7) is 3.69. The third kappa shape index (κ3) is 7.76. The first-order chi connectivity index (χ1) is 15.7. The van der Waals surface area contributed by atoms with E-state index >= 15 is 0 Å². The molecule has 1 N–H and O–H groups in total. The molecular weight excluding hydrogens is 463 g/mol. The molecule has 0 unspecified atom stereocenters. The zero-order valence-corrected chi connectivity index (χ0v) is 18.3. The number of benzene rings is 1. The number of esters is 2. The summed E-state index contributed by atoms with van der Waals surface area (Å²) in [7, 11) is 0.